The molecule has 3 nitrogen and oxygen atoms in total. The van der Waals surface area contributed by atoms with Crippen molar-refractivity contribution in [2.24, 2.45) is 7.05 Å². The zero-order valence-corrected chi connectivity index (χ0v) is 12.1. The van der Waals surface area contributed by atoms with Gasteiger partial charge in [-0.1, -0.05) is 27.5 Å². The molecule has 0 atom stereocenters. The van der Waals surface area contributed by atoms with E-state index < -0.39 is 0 Å². The predicted molar refractivity (Wildman–Crippen MR) is 78.2 cm³/mol. The lowest BCUT2D eigenvalue weighted by Gasteiger charge is -2.09. The maximum absolute atomic E-state index is 11.3. The Morgan fingerprint density at radius 3 is 2.83 bits per heavy atom. The molecule has 0 spiro atoms. The van der Waals surface area contributed by atoms with Crippen LogP contribution in [0.15, 0.2) is 45.8 Å². The molecular formula is C13H12BrClN2O. The number of hydrogen-bond donors (Lipinski definition) is 1. The molecule has 0 amide bonds. The van der Waals surface area contributed by atoms with Crippen molar-refractivity contribution in [3.63, 3.8) is 0 Å². The van der Waals surface area contributed by atoms with Crippen LogP contribution in [0, 0.1) is 0 Å². The van der Waals surface area contributed by atoms with E-state index in [4.69, 9.17) is 11.6 Å². The number of hydrogen-bond acceptors (Lipinski definition) is 2. The van der Waals surface area contributed by atoms with E-state index in [9.17, 15) is 4.79 Å². The van der Waals surface area contributed by atoms with E-state index in [0.717, 1.165) is 15.7 Å². The van der Waals surface area contributed by atoms with E-state index in [0.29, 0.717) is 11.6 Å². The molecule has 0 unspecified atom stereocenters. The van der Waals surface area contributed by atoms with Crippen molar-refractivity contribution in [1.29, 1.82) is 0 Å². The Morgan fingerprint density at radius 1 is 1.33 bits per heavy atom. The van der Waals surface area contributed by atoms with Crippen molar-refractivity contribution in [3.8, 4) is 0 Å². The number of nitrogens with one attached hydrogen (secondary N) is 1. The van der Waals surface area contributed by atoms with Gasteiger partial charge in [0.25, 0.3) is 0 Å². The van der Waals surface area contributed by atoms with Gasteiger partial charge in [-0.25, -0.2) is 0 Å². The van der Waals surface area contributed by atoms with Gasteiger partial charge >= 0.3 is 0 Å². The van der Waals surface area contributed by atoms with E-state index >= 15 is 0 Å². The highest BCUT2D eigenvalue weighted by molar-refractivity contribution is 9.10. The number of halogens is 2. The van der Waals surface area contributed by atoms with Gasteiger partial charge in [0.2, 0.25) is 5.56 Å². The summed E-state index contributed by atoms with van der Waals surface area (Å²) in [7, 11) is 1.73. The lowest BCUT2D eigenvalue weighted by atomic mass is 10.2. The number of nitrogens with zero attached hydrogens (tertiary/aromatic N) is 1. The van der Waals surface area contributed by atoms with Gasteiger partial charge in [0.15, 0.2) is 0 Å². The first-order chi connectivity index (χ1) is 8.56. The smallest absolute Gasteiger partial charge is 0.250 e. The number of aromatic nitrogens is 1. The molecule has 0 saturated heterocycles. The Morgan fingerprint density at radius 2 is 2.11 bits per heavy atom. The van der Waals surface area contributed by atoms with Gasteiger partial charge in [-0.2, -0.15) is 0 Å². The molecule has 1 aromatic carbocycles. The summed E-state index contributed by atoms with van der Waals surface area (Å²) in [5.74, 6) is 0. The number of benzene rings is 1. The van der Waals surface area contributed by atoms with Crippen LogP contribution in [0.2, 0.25) is 5.02 Å². The van der Waals surface area contributed by atoms with Gasteiger partial charge in [0.05, 0.1) is 5.69 Å². The fourth-order valence-electron chi connectivity index (χ4n) is 1.57. The van der Waals surface area contributed by atoms with Gasteiger partial charge in [-0.15, -0.1) is 0 Å². The van der Waals surface area contributed by atoms with Crippen LogP contribution in [0.3, 0.4) is 0 Å². The minimum Gasteiger partial charge on any atom is -0.380 e. The van der Waals surface area contributed by atoms with Crippen LogP contribution in [-0.2, 0) is 13.6 Å². The minimum atomic E-state index is -0.0236. The molecule has 0 bridgehead atoms. The number of anilines is 1. The summed E-state index contributed by atoms with van der Waals surface area (Å²) in [5.41, 5.74) is 1.94. The van der Waals surface area contributed by atoms with Crippen LogP contribution in [0.1, 0.15) is 5.56 Å². The predicted octanol–water partition coefficient (Wildman–Crippen LogP) is 3.41. The Bertz CT molecular complexity index is 625. The first-order valence-corrected chi connectivity index (χ1v) is 6.58. The first-order valence-electron chi connectivity index (χ1n) is 5.41. The molecule has 0 aliphatic carbocycles. The largest absolute Gasteiger partial charge is 0.380 e. The molecule has 0 fully saturated rings. The highest BCUT2D eigenvalue weighted by Gasteiger charge is 2.01. The Balaban J connectivity index is 2.13. The second kappa shape index (κ2) is 5.59. The van der Waals surface area contributed by atoms with Gasteiger partial charge in [-0.3, -0.25) is 4.79 Å². The van der Waals surface area contributed by atoms with Crippen LogP contribution in [0.4, 0.5) is 5.69 Å². The monoisotopic (exact) mass is 326 g/mol. The molecule has 0 radical (unpaired) electrons. The van der Waals surface area contributed by atoms with Crippen molar-refractivity contribution in [1.82, 2.24) is 4.57 Å². The van der Waals surface area contributed by atoms with Crippen LogP contribution in [0.5, 0.6) is 0 Å². The Hall–Kier alpha value is -1.26. The SMILES string of the molecule is Cn1cc(NCc2cc(Cl)ccc2Br)ccc1=O. The van der Waals surface area contributed by atoms with E-state index in [1.807, 2.05) is 18.2 Å². The van der Waals surface area contributed by atoms with Crippen molar-refractivity contribution in [2.75, 3.05) is 5.32 Å². The van der Waals surface area contributed by atoms with E-state index in [2.05, 4.69) is 21.2 Å². The average molecular weight is 328 g/mol. The summed E-state index contributed by atoms with van der Waals surface area (Å²) < 4.78 is 2.54. The second-order valence-corrected chi connectivity index (χ2v) is 5.25. The van der Waals surface area contributed by atoms with E-state index in [-0.39, 0.29) is 5.56 Å². The molecular weight excluding hydrogens is 316 g/mol. The molecule has 0 aliphatic rings. The van der Waals surface area contributed by atoms with Crippen LogP contribution in [0.25, 0.3) is 0 Å². The maximum atomic E-state index is 11.3. The molecule has 0 aliphatic heterocycles. The summed E-state index contributed by atoms with van der Waals surface area (Å²) in [4.78, 5) is 11.3. The first kappa shape index (κ1) is 13.2. The highest BCUT2D eigenvalue weighted by atomic mass is 79.9. The lowest BCUT2D eigenvalue weighted by molar-refractivity contribution is 0.859. The number of rotatable bonds is 3. The van der Waals surface area contributed by atoms with Gasteiger partial charge in [0, 0.05) is 35.4 Å². The number of pyridine rings is 1. The molecule has 1 aromatic heterocycles. The van der Waals surface area contributed by atoms with Crippen molar-refractivity contribution < 1.29 is 0 Å². The molecule has 5 heteroatoms. The normalized spacial score (nSPS) is 10.4. The van der Waals surface area contributed by atoms with Crippen molar-refractivity contribution >= 4 is 33.2 Å². The summed E-state index contributed by atoms with van der Waals surface area (Å²) in [6.07, 6.45) is 1.76. The third-order valence-corrected chi connectivity index (χ3v) is 3.59. The molecule has 1 heterocycles. The van der Waals surface area contributed by atoms with Gasteiger partial charge < -0.3 is 9.88 Å². The quantitative estimate of drug-likeness (QED) is 0.937. The van der Waals surface area contributed by atoms with Crippen molar-refractivity contribution in [3.05, 3.63) is 61.9 Å². The summed E-state index contributed by atoms with van der Waals surface area (Å²) in [6.45, 7) is 0.638. The Labute approximate surface area is 119 Å². The van der Waals surface area contributed by atoms with Crippen molar-refractivity contribution in [2.45, 2.75) is 6.54 Å². The molecule has 1 N–H and O–H groups in total. The van der Waals surface area contributed by atoms with Gasteiger partial charge in [0.1, 0.15) is 0 Å². The molecule has 18 heavy (non-hydrogen) atoms. The fraction of sp³-hybridized carbons (Fsp3) is 0.154. The molecule has 2 rings (SSSR count). The molecule has 0 saturated carbocycles. The highest BCUT2D eigenvalue weighted by Crippen LogP contribution is 2.22. The third-order valence-electron chi connectivity index (χ3n) is 2.58. The summed E-state index contributed by atoms with van der Waals surface area (Å²) in [5, 5.41) is 3.95. The van der Waals surface area contributed by atoms with Crippen LogP contribution >= 0.6 is 27.5 Å². The zero-order valence-electron chi connectivity index (χ0n) is 9.78. The van der Waals surface area contributed by atoms with E-state index in [1.54, 1.807) is 19.3 Å². The lowest BCUT2D eigenvalue weighted by Crippen LogP contribution is -2.15. The third kappa shape index (κ3) is 3.15. The molecule has 2 aromatic rings. The summed E-state index contributed by atoms with van der Waals surface area (Å²) in [6, 6.07) is 8.96. The average Bonchev–Trinajstić information content (AvgIpc) is 2.34. The maximum Gasteiger partial charge on any atom is 0.250 e. The standard InChI is InChI=1S/C13H12BrClN2O/c1-17-8-11(3-5-13(17)18)16-7-9-6-10(15)2-4-12(9)14/h2-6,8,16H,7H2,1H3. The van der Waals surface area contributed by atoms with Gasteiger partial charge in [-0.05, 0) is 29.8 Å². The minimum absolute atomic E-state index is 0.0236. The Kier molecular flexibility index (Phi) is 4.09. The van der Waals surface area contributed by atoms with Crippen LogP contribution in [-0.4, -0.2) is 4.57 Å². The second-order valence-electron chi connectivity index (χ2n) is 3.96. The van der Waals surface area contributed by atoms with E-state index in [1.165, 1.54) is 10.6 Å². The number of aryl methyl sites for hydroxylation is 1. The topological polar surface area (TPSA) is 34.0 Å². The summed E-state index contributed by atoms with van der Waals surface area (Å²) >= 11 is 9.43. The molecule has 94 valence electrons. The van der Waals surface area contributed by atoms with Crippen LogP contribution < -0.4 is 10.9 Å². The zero-order chi connectivity index (χ0) is 13.1. The fourth-order valence-corrected chi connectivity index (χ4v) is 2.16.